The van der Waals surface area contributed by atoms with Crippen LogP contribution in [-0.4, -0.2) is 63.0 Å². The van der Waals surface area contributed by atoms with Crippen LogP contribution in [0.5, 0.6) is 0 Å². The maximum Gasteiger partial charge on any atom is 0.330 e. The van der Waals surface area contributed by atoms with Crippen molar-refractivity contribution >= 4 is 7.60 Å². The predicted octanol–water partition coefficient (Wildman–Crippen LogP) is 6.64. The Kier molecular flexibility index (Phi) is 18.7. The van der Waals surface area contributed by atoms with Crippen LogP contribution in [0.3, 0.4) is 0 Å². The number of quaternary nitrogens is 1. The number of likely N-dealkylation sites (N-methyl/N-ethyl adjacent to an activating group) is 1. The fourth-order valence-electron chi connectivity index (χ4n) is 3.59. The predicted molar refractivity (Wildman–Crippen MR) is 129 cm³/mol. The molecule has 2 unspecified atom stereocenters. The molecule has 30 heavy (non-hydrogen) atoms. The van der Waals surface area contributed by atoms with E-state index in [0.29, 0.717) is 36.8 Å². The Morgan fingerprint density at radius 2 is 1.37 bits per heavy atom. The van der Waals surface area contributed by atoms with Gasteiger partial charge in [-0.05, 0) is 18.8 Å². The van der Waals surface area contributed by atoms with E-state index in [2.05, 4.69) is 13.8 Å². The van der Waals surface area contributed by atoms with Crippen LogP contribution in [0.4, 0.5) is 0 Å². The van der Waals surface area contributed by atoms with Crippen molar-refractivity contribution in [2.45, 2.75) is 97.3 Å². The maximum absolute atomic E-state index is 12.1. The second-order valence-electron chi connectivity index (χ2n) is 9.91. The van der Waals surface area contributed by atoms with Gasteiger partial charge >= 0.3 is 7.60 Å². The van der Waals surface area contributed by atoms with Gasteiger partial charge in [-0.1, -0.05) is 84.5 Å². The largest absolute Gasteiger partial charge is 0.380 e. The van der Waals surface area contributed by atoms with Gasteiger partial charge in [-0.2, -0.15) is 0 Å². The molecule has 0 saturated carbocycles. The van der Waals surface area contributed by atoms with Crippen molar-refractivity contribution in [1.29, 1.82) is 0 Å². The molecule has 0 radical (unpaired) electrons. The van der Waals surface area contributed by atoms with Gasteiger partial charge in [-0.15, -0.1) is 0 Å². The van der Waals surface area contributed by atoms with Crippen LogP contribution >= 0.6 is 7.60 Å². The molecule has 6 heteroatoms. The Labute approximate surface area is 188 Å². The summed E-state index contributed by atoms with van der Waals surface area (Å²) < 4.78 is 23.8. The highest BCUT2D eigenvalue weighted by Gasteiger charge is 2.21. The van der Waals surface area contributed by atoms with Gasteiger partial charge in [0.1, 0.15) is 13.2 Å². The van der Waals surface area contributed by atoms with Crippen LogP contribution in [0.15, 0.2) is 0 Å². The Hall–Kier alpha value is 0.0700. The van der Waals surface area contributed by atoms with Crippen molar-refractivity contribution in [2.75, 3.05) is 53.7 Å². The third-order valence-corrected chi connectivity index (χ3v) is 6.92. The molecule has 0 rings (SSSR count). The van der Waals surface area contributed by atoms with Gasteiger partial charge in [0.2, 0.25) is 0 Å². The van der Waals surface area contributed by atoms with Crippen molar-refractivity contribution in [3.05, 3.63) is 0 Å². The van der Waals surface area contributed by atoms with E-state index in [1.807, 2.05) is 21.1 Å². The summed E-state index contributed by atoms with van der Waals surface area (Å²) in [6.07, 6.45) is 17.3. The van der Waals surface area contributed by atoms with Crippen LogP contribution in [0, 0.1) is 5.92 Å². The number of ether oxygens (including phenoxy) is 1. The first-order valence-corrected chi connectivity index (χ1v) is 14.3. The quantitative estimate of drug-likeness (QED) is 0.114. The molecule has 2 atom stereocenters. The van der Waals surface area contributed by atoms with Crippen LogP contribution in [-0.2, 0) is 13.8 Å². The van der Waals surface area contributed by atoms with Gasteiger partial charge < -0.3 is 18.6 Å². The minimum absolute atomic E-state index is 0.0846. The van der Waals surface area contributed by atoms with Gasteiger partial charge in [-0.25, -0.2) is 0 Å². The van der Waals surface area contributed by atoms with Crippen molar-refractivity contribution in [2.24, 2.45) is 5.92 Å². The number of hydrogen-bond acceptors (Lipinski definition) is 3. The van der Waals surface area contributed by atoms with E-state index in [9.17, 15) is 9.46 Å². The lowest BCUT2D eigenvalue weighted by Crippen LogP contribution is -2.37. The standard InChI is InChI=1S/C24H52NO4P/c1-6-8-9-10-11-12-13-14-15-16-18-24(17-7-2)23-28-21-22-30(26,27)29-20-19-25(3,4)5/h24H,6-23H2,1-5H3/p+1. The highest BCUT2D eigenvalue weighted by molar-refractivity contribution is 7.52. The minimum atomic E-state index is -3.54. The molecule has 0 aliphatic rings. The third-order valence-electron chi connectivity index (χ3n) is 5.59. The summed E-state index contributed by atoms with van der Waals surface area (Å²) in [5, 5.41) is 0. The molecule has 0 aromatic carbocycles. The molecule has 0 aromatic rings. The lowest BCUT2D eigenvalue weighted by atomic mass is 9.96. The molecule has 0 aliphatic heterocycles. The normalized spacial score (nSPS) is 15.3. The number of hydrogen-bond donors (Lipinski definition) is 1. The minimum Gasteiger partial charge on any atom is -0.380 e. The zero-order valence-corrected chi connectivity index (χ0v) is 21.8. The summed E-state index contributed by atoms with van der Waals surface area (Å²) in [5.74, 6) is 0.571. The number of nitrogens with zero attached hydrogens (tertiary/aromatic N) is 1. The zero-order valence-electron chi connectivity index (χ0n) is 20.9. The molecule has 0 saturated heterocycles. The van der Waals surface area contributed by atoms with Crippen LogP contribution in [0.2, 0.25) is 0 Å². The molecular formula is C24H53NO4P+. The van der Waals surface area contributed by atoms with Gasteiger partial charge in [0.15, 0.2) is 0 Å². The molecule has 0 bridgehead atoms. The Morgan fingerprint density at radius 3 is 1.90 bits per heavy atom. The second kappa shape index (κ2) is 18.6. The summed E-state index contributed by atoms with van der Waals surface area (Å²) in [6.45, 7) is 6.50. The zero-order chi connectivity index (χ0) is 22.7. The van der Waals surface area contributed by atoms with Crippen LogP contribution < -0.4 is 0 Å². The van der Waals surface area contributed by atoms with E-state index in [1.54, 1.807) is 0 Å². The summed E-state index contributed by atoms with van der Waals surface area (Å²) in [6, 6.07) is 0. The molecule has 182 valence electrons. The Balaban J connectivity index is 3.77. The summed E-state index contributed by atoms with van der Waals surface area (Å²) in [5.41, 5.74) is 0. The fraction of sp³-hybridized carbons (Fsp3) is 1.00. The lowest BCUT2D eigenvalue weighted by Gasteiger charge is -2.24. The fourth-order valence-corrected chi connectivity index (χ4v) is 4.45. The van der Waals surface area contributed by atoms with Crippen molar-refractivity contribution in [3.63, 3.8) is 0 Å². The van der Waals surface area contributed by atoms with E-state index in [-0.39, 0.29) is 6.16 Å². The van der Waals surface area contributed by atoms with E-state index < -0.39 is 7.60 Å². The summed E-state index contributed by atoms with van der Waals surface area (Å²) in [4.78, 5) is 9.93. The van der Waals surface area contributed by atoms with Gasteiger partial charge in [-0.3, -0.25) is 4.57 Å². The van der Waals surface area contributed by atoms with Gasteiger partial charge in [0.05, 0.1) is 33.9 Å². The van der Waals surface area contributed by atoms with Crippen molar-refractivity contribution in [1.82, 2.24) is 0 Å². The number of rotatable bonds is 22. The Bertz CT molecular complexity index is 426. The molecule has 0 heterocycles. The topological polar surface area (TPSA) is 55.8 Å². The molecular weight excluding hydrogens is 397 g/mol. The Morgan fingerprint density at radius 1 is 0.800 bits per heavy atom. The summed E-state index contributed by atoms with van der Waals surface area (Å²) in [7, 11) is 2.58. The molecule has 0 amide bonds. The van der Waals surface area contributed by atoms with E-state index in [0.717, 1.165) is 0 Å². The highest BCUT2D eigenvalue weighted by atomic mass is 31.2. The maximum atomic E-state index is 12.1. The van der Waals surface area contributed by atoms with Crippen LogP contribution in [0.25, 0.3) is 0 Å². The lowest BCUT2D eigenvalue weighted by molar-refractivity contribution is -0.870. The van der Waals surface area contributed by atoms with E-state index in [1.165, 1.54) is 83.5 Å². The second-order valence-corrected chi connectivity index (χ2v) is 11.9. The SMILES string of the molecule is CCCCCCCCCCCCC(CCC)COCCP(=O)(O)OCC[N+](C)(C)C. The molecule has 0 aromatic heterocycles. The number of unbranched alkanes of at least 4 members (excludes halogenated alkanes) is 9. The van der Waals surface area contributed by atoms with Crippen molar-refractivity contribution < 1.29 is 23.2 Å². The first-order valence-electron chi connectivity index (χ1n) is 12.5. The average Bonchev–Trinajstić information content (AvgIpc) is 2.65. The monoisotopic (exact) mass is 450 g/mol. The smallest absolute Gasteiger partial charge is 0.330 e. The summed E-state index contributed by atoms with van der Waals surface area (Å²) >= 11 is 0. The van der Waals surface area contributed by atoms with Crippen LogP contribution in [0.1, 0.15) is 97.3 Å². The molecule has 0 spiro atoms. The first kappa shape index (κ1) is 30.1. The molecule has 1 N–H and O–H groups in total. The average molecular weight is 451 g/mol. The van der Waals surface area contributed by atoms with E-state index in [4.69, 9.17) is 9.26 Å². The van der Waals surface area contributed by atoms with Gasteiger partial charge in [0.25, 0.3) is 0 Å². The first-order chi connectivity index (χ1) is 14.2. The molecule has 0 fully saturated rings. The molecule has 0 aliphatic carbocycles. The third kappa shape index (κ3) is 21.3. The van der Waals surface area contributed by atoms with E-state index >= 15 is 0 Å². The van der Waals surface area contributed by atoms with Gasteiger partial charge in [0, 0.05) is 6.61 Å². The highest BCUT2D eigenvalue weighted by Crippen LogP contribution is 2.41. The molecule has 5 nitrogen and oxygen atoms in total. The van der Waals surface area contributed by atoms with Crippen molar-refractivity contribution in [3.8, 4) is 0 Å².